The second-order valence-electron chi connectivity index (χ2n) is 6.87. The van der Waals surface area contributed by atoms with Crippen LogP contribution in [-0.4, -0.2) is 29.4 Å². The number of hydrogen-bond donors (Lipinski definition) is 3. The molecule has 1 unspecified atom stereocenters. The van der Waals surface area contributed by atoms with Crippen LogP contribution in [0.25, 0.3) is 10.9 Å². The quantitative estimate of drug-likeness (QED) is 0.492. The predicted octanol–water partition coefficient (Wildman–Crippen LogP) is 2.86. The first kappa shape index (κ1) is 20.2. The minimum Gasteiger partial charge on any atom is -0.361 e. The summed E-state index contributed by atoms with van der Waals surface area (Å²) in [4.78, 5) is 28.3. The lowest BCUT2D eigenvalue weighted by Crippen LogP contribution is -2.48. The largest absolute Gasteiger partial charge is 0.361 e. The summed E-state index contributed by atoms with van der Waals surface area (Å²) >= 11 is 0. The van der Waals surface area contributed by atoms with Gasteiger partial charge in [-0.3, -0.25) is 9.59 Å². The fourth-order valence-corrected chi connectivity index (χ4v) is 3.28. The molecule has 3 aromatic rings. The molecule has 0 saturated heterocycles. The molecule has 0 fully saturated rings. The van der Waals surface area contributed by atoms with E-state index in [0.717, 1.165) is 22.0 Å². The number of carbonyl (C=O) groups is 2. The van der Waals surface area contributed by atoms with Crippen molar-refractivity contribution >= 4 is 22.7 Å². The number of para-hydroxylation sites is 1. The van der Waals surface area contributed by atoms with Crippen LogP contribution < -0.4 is 10.6 Å². The lowest BCUT2D eigenvalue weighted by atomic mass is 10.0. The van der Waals surface area contributed by atoms with E-state index >= 15 is 0 Å². The highest BCUT2D eigenvalue weighted by atomic mass is 16.2. The Balaban J connectivity index is 1.61. The molecule has 0 radical (unpaired) electrons. The van der Waals surface area contributed by atoms with Gasteiger partial charge >= 0.3 is 0 Å². The first-order valence-corrected chi connectivity index (χ1v) is 9.70. The van der Waals surface area contributed by atoms with Crippen LogP contribution in [0, 0.1) is 11.3 Å². The second-order valence-corrected chi connectivity index (χ2v) is 6.87. The number of nitriles is 1. The van der Waals surface area contributed by atoms with E-state index in [1.54, 1.807) is 0 Å². The number of nitrogens with zero attached hydrogens (tertiary/aromatic N) is 1. The summed E-state index contributed by atoms with van der Waals surface area (Å²) in [7, 11) is 0. The molecule has 0 aliphatic carbocycles. The van der Waals surface area contributed by atoms with Crippen molar-refractivity contribution in [1.29, 1.82) is 5.26 Å². The maximum Gasteiger partial charge on any atom is 0.242 e. The van der Waals surface area contributed by atoms with Crippen LogP contribution in [0.4, 0.5) is 0 Å². The Morgan fingerprint density at radius 3 is 2.62 bits per heavy atom. The third kappa shape index (κ3) is 5.69. The van der Waals surface area contributed by atoms with E-state index in [2.05, 4.69) is 15.6 Å². The van der Waals surface area contributed by atoms with Gasteiger partial charge in [-0.15, -0.1) is 0 Å². The van der Waals surface area contributed by atoms with Crippen molar-refractivity contribution in [3.63, 3.8) is 0 Å². The van der Waals surface area contributed by atoms with Crippen LogP contribution in [0.5, 0.6) is 0 Å². The second kappa shape index (κ2) is 10.1. The topological polar surface area (TPSA) is 97.8 Å². The first-order chi connectivity index (χ1) is 14.2. The number of aromatic amines is 1. The Labute approximate surface area is 169 Å². The lowest BCUT2D eigenvalue weighted by molar-refractivity contribution is -0.128. The minimum absolute atomic E-state index is 0.174. The number of benzene rings is 2. The van der Waals surface area contributed by atoms with Gasteiger partial charge in [-0.1, -0.05) is 48.5 Å². The summed E-state index contributed by atoms with van der Waals surface area (Å²) in [5.74, 6) is -0.448. The highest BCUT2D eigenvalue weighted by molar-refractivity contribution is 5.88. The number of rotatable bonds is 9. The minimum atomic E-state index is -0.674. The molecule has 29 heavy (non-hydrogen) atoms. The highest BCUT2D eigenvalue weighted by Crippen LogP contribution is 2.19. The zero-order valence-electron chi connectivity index (χ0n) is 16.2. The zero-order chi connectivity index (χ0) is 20.5. The maximum absolute atomic E-state index is 12.6. The standard InChI is InChI=1S/C23H24N4O2/c24-13-6-14-25-23(29)21(15-17-7-2-1-3-8-17)27-22(28)12-11-18-16-26-20-10-5-4-9-19(18)20/h1-5,7-10,16,21,26H,6,11-12,14-15H2,(H,25,29)(H,27,28). The predicted molar refractivity (Wildman–Crippen MR) is 112 cm³/mol. The summed E-state index contributed by atoms with van der Waals surface area (Å²) in [5.41, 5.74) is 3.08. The van der Waals surface area contributed by atoms with Gasteiger partial charge in [-0.25, -0.2) is 0 Å². The van der Waals surface area contributed by atoms with Gasteiger partial charge in [-0.05, 0) is 23.6 Å². The fourth-order valence-electron chi connectivity index (χ4n) is 3.28. The molecular formula is C23H24N4O2. The lowest BCUT2D eigenvalue weighted by Gasteiger charge is -2.18. The van der Waals surface area contributed by atoms with Crippen molar-refractivity contribution in [2.45, 2.75) is 31.7 Å². The van der Waals surface area contributed by atoms with Gasteiger partial charge in [0.25, 0.3) is 0 Å². The summed E-state index contributed by atoms with van der Waals surface area (Å²) < 4.78 is 0. The number of amides is 2. The molecule has 6 heteroatoms. The smallest absolute Gasteiger partial charge is 0.242 e. The van der Waals surface area contributed by atoms with Crippen molar-refractivity contribution < 1.29 is 9.59 Å². The number of aromatic nitrogens is 1. The Morgan fingerprint density at radius 2 is 1.83 bits per heavy atom. The molecule has 0 saturated carbocycles. The van der Waals surface area contributed by atoms with Crippen LogP contribution >= 0.6 is 0 Å². The van der Waals surface area contributed by atoms with Crippen LogP contribution in [0.3, 0.4) is 0 Å². The molecular weight excluding hydrogens is 364 g/mol. The first-order valence-electron chi connectivity index (χ1n) is 9.70. The summed E-state index contributed by atoms with van der Waals surface area (Å²) in [6.45, 7) is 0.270. The number of hydrogen-bond acceptors (Lipinski definition) is 3. The average Bonchev–Trinajstić information content (AvgIpc) is 3.16. The van der Waals surface area contributed by atoms with Crippen molar-refractivity contribution in [3.8, 4) is 6.07 Å². The SMILES string of the molecule is N#CCCNC(=O)C(Cc1ccccc1)NC(=O)CCc1c[nH]c2ccccc12. The van der Waals surface area contributed by atoms with Crippen LogP contribution in [0.15, 0.2) is 60.8 Å². The van der Waals surface area contributed by atoms with E-state index in [9.17, 15) is 9.59 Å². The van der Waals surface area contributed by atoms with Gasteiger partial charge in [0.2, 0.25) is 11.8 Å². The highest BCUT2D eigenvalue weighted by Gasteiger charge is 2.21. The van der Waals surface area contributed by atoms with Gasteiger partial charge in [0.1, 0.15) is 6.04 Å². The van der Waals surface area contributed by atoms with Crippen molar-refractivity contribution in [2.24, 2.45) is 0 Å². The Bertz CT molecular complexity index is 1000. The van der Waals surface area contributed by atoms with Crippen molar-refractivity contribution in [1.82, 2.24) is 15.6 Å². The third-order valence-electron chi connectivity index (χ3n) is 4.77. The number of H-pyrrole nitrogens is 1. The van der Waals surface area contributed by atoms with E-state index in [1.807, 2.05) is 66.9 Å². The van der Waals surface area contributed by atoms with E-state index in [1.165, 1.54) is 0 Å². The number of nitrogens with one attached hydrogen (secondary N) is 3. The number of fused-ring (bicyclic) bond motifs is 1. The van der Waals surface area contributed by atoms with Gasteiger partial charge in [-0.2, -0.15) is 5.26 Å². The van der Waals surface area contributed by atoms with Crippen LogP contribution in [-0.2, 0) is 22.4 Å². The molecule has 0 aliphatic rings. The molecule has 3 N–H and O–H groups in total. The van der Waals surface area contributed by atoms with E-state index in [-0.39, 0.29) is 24.8 Å². The Hall–Kier alpha value is -3.59. The third-order valence-corrected chi connectivity index (χ3v) is 4.77. The van der Waals surface area contributed by atoms with Gasteiger partial charge in [0.15, 0.2) is 0 Å². The van der Waals surface area contributed by atoms with Gasteiger partial charge in [0.05, 0.1) is 12.5 Å². The normalized spacial score (nSPS) is 11.6. The molecule has 2 aromatic carbocycles. The molecule has 3 rings (SSSR count). The molecule has 1 heterocycles. The number of carbonyl (C=O) groups excluding carboxylic acids is 2. The average molecular weight is 388 g/mol. The fraction of sp³-hybridized carbons (Fsp3) is 0.261. The maximum atomic E-state index is 12.6. The van der Waals surface area contributed by atoms with Crippen LogP contribution in [0.1, 0.15) is 24.0 Å². The van der Waals surface area contributed by atoms with Crippen molar-refractivity contribution in [2.75, 3.05) is 6.54 Å². The van der Waals surface area contributed by atoms with Crippen LogP contribution in [0.2, 0.25) is 0 Å². The van der Waals surface area contributed by atoms with E-state index in [0.29, 0.717) is 19.3 Å². The van der Waals surface area contributed by atoms with E-state index in [4.69, 9.17) is 5.26 Å². The molecule has 0 bridgehead atoms. The molecule has 2 amide bonds. The molecule has 0 aliphatic heterocycles. The van der Waals surface area contributed by atoms with E-state index < -0.39 is 6.04 Å². The molecule has 1 aromatic heterocycles. The monoisotopic (exact) mass is 388 g/mol. The van der Waals surface area contributed by atoms with Gasteiger partial charge < -0.3 is 15.6 Å². The Morgan fingerprint density at radius 1 is 1.07 bits per heavy atom. The molecule has 6 nitrogen and oxygen atoms in total. The number of aryl methyl sites for hydroxylation is 1. The molecule has 148 valence electrons. The summed E-state index contributed by atoms with van der Waals surface area (Å²) in [6, 6.07) is 18.9. The van der Waals surface area contributed by atoms with Crippen molar-refractivity contribution in [3.05, 3.63) is 71.9 Å². The van der Waals surface area contributed by atoms with Gasteiger partial charge in [0, 0.05) is 36.5 Å². The zero-order valence-corrected chi connectivity index (χ0v) is 16.2. The Kier molecular flexibility index (Phi) is 7.01. The molecule has 1 atom stereocenters. The molecule has 0 spiro atoms. The summed E-state index contributed by atoms with van der Waals surface area (Å²) in [5, 5.41) is 15.3. The summed E-state index contributed by atoms with van der Waals surface area (Å²) in [6.07, 6.45) is 3.44.